The lowest BCUT2D eigenvalue weighted by Crippen LogP contribution is -2.44. The number of nitrogens with zero attached hydrogens (tertiary/aromatic N) is 1. The van der Waals surface area contributed by atoms with E-state index in [1.165, 1.54) is 0 Å². The van der Waals surface area contributed by atoms with Crippen molar-refractivity contribution in [3.63, 3.8) is 0 Å². The van der Waals surface area contributed by atoms with Crippen LogP contribution in [-0.4, -0.2) is 55.7 Å². The van der Waals surface area contributed by atoms with Gasteiger partial charge in [-0.25, -0.2) is 0 Å². The molecule has 0 spiro atoms. The monoisotopic (exact) mass is 275 g/mol. The van der Waals surface area contributed by atoms with Crippen molar-refractivity contribution < 1.29 is 14.3 Å². The van der Waals surface area contributed by atoms with Crippen LogP contribution >= 0.6 is 11.6 Å². The van der Waals surface area contributed by atoms with Crippen molar-refractivity contribution in [1.82, 2.24) is 4.90 Å². The Balaban J connectivity index is 1.73. The van der Waals surface area contributed by atoms with Gasteiger partial charge >= 0.3 is 0 Å². The second kappa shape index (κ2) is 7.31. The molecule has 1 amide bonds. The van der Waals surface area contributed by atoms with E-state index >= 15 is 0 Å². The van der Waals surface area contributed by atoms with E-state index < -0.39 is 0 Å². The van der Waals surface area contributed by atoms with Crippen molar-refractivity contribution in [2.75, 3.05) is 38.8 Å². The van der Waals surface area contributed by atoms with Gasteiger partial charge < -0.3 is 14.4 Å². The molecule has 2 rings (SSSR count). The first kappa shape index (κ1) is 14.1. The Bertz CT molecular complexity index is 261. The fraction of sp³-hybridized carbons (Fsp3) is 0.923. The molecule has 2 heterocycles. The number of piperidine rings is 1. The van der Waals surface area contributed by atoms with E-state index in [0.29, 0.717) is 18.4 Å². The van der Waals surface area contributed by atoms with Crippen LogP contribution in [0.15, 0.2) is 0 Å². The second-order valence-corrected chi connectivity index (χ2v) is 5.35. The zero-order valence-electron chi connectivity index (χ0n) is 10.8. The number of hydrogen-bond donors (Lipinski definition) is 0. The molecule has 0 aromatic heterocycles. The average molecular weight is 276 g/mol. The van der Waals surface area contributed by atoms with Gasteiger partial charge in [0.2, 0.25) is 5.91 Å². The predicted molar refractivity (Wildman–Crippen MR) is 69.8 cm³/mol. The second-order valence-electron chi connectivity index (χ2n) is 4.97. The number of carbonyl (C=O) groups is 1. The summed E-state index contributed by atoms with van der Waals surface area (Å²) >= 11 is 5.60. The summed E-state index contributed by atoms with van der Waals surface area (Å²) in [6.45, 7) is 3.71. The molecular formula is C13H22ClNO3. The van der Waals surface area contributed by atoms with E-state index in [1.807, 2.05) is 4.90 Å². The molecule has 0 unspecified atom stereocenters. The first-order chi connectivity index (χ1) is 8.81. The molecule has 0 atom stereocenters. The zero-order chi connectivity index (χ0) is 12.8. The van der Waals surface area contributed by atoms with Crippen LogP contribution in [0.4, 0.5) is 0 Å². The lowest BCUT2D eigenvalue weighted by molar-refractivity contribution is -0.141. The molecule has 2 fully saturated rings. The van der Waals surface area contributed by atoms with Gasteiger partial charge in [-0.2, -0.15) is 0 Å². The maximum atomic E-state index is 12.3. The first-order valence-corrected chi connectivity index (χ1v) is 7.39. The minimum atomic E-state index is 0.180. The standard InChI is InChI=1S/C13H22ClNO3/c14-5-10-18-12-1-6-15(7-2-12)13(16)11-3-8-17-9-4-11/h11-12H,1-10H2. The summed E-state index contributed by atoms with van der Waals surface area (Å²) in [5.41, 5.74) is 0. The van der Waals surface area contributed by atoms with E-state index in [9.17, 15) is 4.79 Å². The SMILES string of the molecule is O=C(C1CCOCC1)N1CCC(OCCCl)CC1. The third-order valence-corrected chi connectivity index (χ3v) is 3.91. The highest BCUT2D eigenvalue weighted by Gasteiger charge is 2.29. The Hall–Kier alpha value is -0.320. The topological polar surface area (TPSA) is 38.8 Å². The zero-order valence-corrected chi connectivity index (χ0v) is 11.5. The molecule has 4 nitrogen and oxygen atoms in total. The molecular weight excluding hydrogens is 254 g/mol. The van der Waals surface area contributed by atoms with Crippen molar-refractivity contribution in [1.29, 1.82) is 0 Å². The highest BCUT2D eigenvalue weighted by atomic mass is 35.5. The molecule has 5 heteroatoms. The molecule has 0 aliphatic carbocycles. The number of halogens is 1. The maximum Gasteiger partial charge on any atom is 0.225 e. The van der Waals surface area contributed by atoms with Gasteiger partial charge in [0.15, 0.2) is 0 Å². The number of ether oxygens (including phenoxy) is 2. The van der Waals surface area contributed by atoms with Crippen LogP contribution in [0.1, 0.15) is 25.7 Å². The fourth-order valence-corrected chi connectivity index (χ4v) is 2.75. The maximum absolute atomic E-state index is 12.3. The van der Waals surface area contributed by atoms with Gasteiger partial charge in [0.05, 0.1) is 12.7 Å². The lowest BCUT2D eigenvalue weighted by atomic mass is 9.97. The molecule has 104 valence electrons. The molecule has 0 bridgehead atoms. The van der Waals surface area contributed by atoms with Crippen molar-refractivity contribution in [3.05, 3.63) is 0 Å². The summed E-state index contributed by atoms with van der Waals surface area (Å²) in [5.74, 6) is 1.04. The van der Waals surface area contributed by atoms with Crippen molar-refractivity contribution in [2.45, 2.75) is 31.8 Å². The summed E-state index contributed by atoms with van der Waals surface area (Å²) < 4.78 is 10.9. The molecule has 18 heavy (non-hydrogen) atoms. The highest BCUT2D eigenvalue weighted by Crippen LogP contribution is 2.21. The Morgan fingerprint density at radius 3 is 2.50 bits per heavy atom. The van der Waals surface area contributed by atoms with E-state index in [0.717, 1.165) is 52.0 Å². The number of amides is 1. The van der Waals surface area contributed by atoms with Gasteiger partial charge in [0.1, 0.15) is 0 Å². The average Bonchev–Trinajstić information content (AvgIpc) is 2.46. The van der Waals surface area contributed by atoms with Crippen LogP contribution in [0, 0.1) is 5.92 Å². The van der Waals surface area contributed by atoms with E-state index in [4.69, 9.17) is 21.1 Å². The van der Waals surface area contributed by atoms with Gasteiger partial charge in [-0.05, 0) is 25.7 Å². The first-order valence-electron chi connectivity index (χ1n) is 6.85. The Morgan fingerprint density at radius 1 is 1.22 bits per heavy atom. The number of carbonyl (C=O) groups excluding carboxylic acids is 1. The van der Waals surface area contributed by atoms with Gasteiger partial charge in [-0.1, -0.05) is 0 Å². The van der Waals surface area contributed by atoms with E-state index in [1.54, 1.807) is 0 Å². The summed E-state index contributed by atoms with van der Waals surface area (Å²) in [7, 11) is 0. The van der Waals surface area contributed by atoms with E-state index in [2.05, 4.69) is 0 Å². The molecule has 0 radical (unpaired) electrons. The predicted octanol–water partition coefficient (Wildman–Crippen LogP) is 1.66. The number of rotatable bonds is 4. The van der Waals surface area contributed by atoms with Crippen LogP contribution in [0.25, 0.3) is 0 Å². The van der Waals surface area contributed by atoms with Crippen LogP contribution in [0.3, 0.4) is 0 Å². The molecule has 2 saturated heterocycles. The third-order valence-electron chi connectivity index (χ3n) is 3.75. The molecule has 0 N–H and O–H groups in total. The van der Waals surface area contributed by atoms with Crippen LogP contribution in [0.5, 0.6) is 0 Å². The molecule has 2 aliphatic rings. The van der Waals surface area contributed by atoms with Gasteiger partial charge in [0, 0.05) is 38.1 Å². The Kier molecular flexibility index (Phi) is 5.73. The lowest BCUT2D eigenvalue weighted by Gasteiger charge is -2.35. The van der Waals surface area contributed by atoms with Gasteiger partial charge in [-0.3, -0.25) is 4.79 Å². The Morgan fingerprint density at radius 2 is 1.89 bits per heavy atom. The van der Waals surface area contributed by atoms with Gasteiger partial charge in [-0.15, -0.1) is 11.6 Å². The third kappa shape index (κ3) is 3.84. The smallest absolute Gasteiger partial charge is 0.225 e. The van der Waals surface area contributed by atoms with E-state index in [-0.39, 0.29) is 12.0 Å². The minimum absolute atomic E-state index is 0.180. The van der Waals surface area contributed by atoms with Crippen molar-refractivity contribution >= 4 is 17.5 Å². The summed E-state index contributed by atoms with van der Waals surface area (Å²) in [5, 5.41) is 0. The normalized spacial score (nSPS) is 23.3. The summed E-state index contributed by atoms with van der Waals surface area (Å²) in [4.78, 5) is 14.3. The molecule has 0 aromatic rings. The quantitative estimate of drug-likeness (QED) is 0.733. The van der Waals surface area contributed by atoms with Crippen LogP contribution in [-0.2, 0) is 14.3 Å². The van der Waals surface area contributed by atoms with Crippen molar-refractivity contribution in [3.8, 4) is 0 Å². The largest absolute Gasteiger partial charge is 0.381 e. The fourth-order valence-electron chi connectivity index (χ4n) is 2.66. The van der Waals surface area contributed by atoms with Crippen LogP contribution in [0.2, 0.25) is 0 Å². The van der Waals surface area contributed by atoms with Gasteiger partial charge in [0.25, 0.3) is 0 Å². The Labute approximate surface area is 114 Å². The molecule has 0 aromatic carbocycles. The number of alkyl halides is 1. The van der Waals surface area contributed by atoms with Crippen molar-refractivity contribution in [2.24, 2.45) is 5.92 Å². The molecule has 2 aliphatic heterocycles. The summed E-state index contributed by atoms with van der Waals surface area (Å²) in [6.07, 6.45) is 3.91. The summed E-state index contributed by atoms with van der Waals surface area (Å²) in [6, 6.07) is 0. The highest BCUT2D eigenvalue weighted by molar-refractivity contribution is 6.17. The van der Waals surface area contributed by atoms with Crippen LogP contribution < -0.4 is 0 Å². The number of likely N-dealkylation sites (tertiary alicyclic amines) is 1. The molecule has 0 saturated carbocycles. The number of hydrogen-bond acceptors (Lipinski definition) is 3. The minimum Gasteiger partial charge on any atom is -0.381 e.